The van der Waals surface area contributed by atoms with E-state index < -0.39 is 5.54 Å². The smallest absolute Gasteiger partial charge is 0.244 e. The monoisotopic (exact) mass is 286 g/mol. The van der Waals surface area contributed by atoms with Crippen molar-refractivity contribution in [1.82, 2.24) is 5.32 Å². The third-order valence-electron chi connectivity index (χ3n) is 3.39. The fraction of sp³-hybridized carbons (Fsp3) is 0.462. The van der Waals surface area contributed by atoms with Crippen LogP contribution in [0.2, 0.25) is 10.0 Å². The van der Waals surface area contributed by atoms with E-state index >= 15 is 0 Å². The van der Waals surface area contributed by atoms with Crippen LogP contribution >= 0.6 is 23.2 Å². The SMILES string of the molecule is Cc1ccc(Cl)c(NC(=O)C2(C)CCCN2)c1Cl. The van der Waals surface area contributed by atoms with E-state index in [2.05, 4.69) is 10.6 Å². The molecule has 1 atom stereocenters. The van der Waals surface area contributed by atoms with Crippen LogP contribution < -0.4 is 10.6 Å². The minimum Gasteiger partial charge on any atom is -0.322 e. The summed E-state index contributed by atoms with van der Waals surface area (Å²) in [6.45, 7) is 4.63. The maximum absolute atomic E-state index is 12.3. The van der Waals surface area contributed by atoms with Crippen molar-refractivity contribution < 1.29 is 4.79 Å². The van der Waals surface area contributed by atoms with Crippen LogP contribution in [-0.4, -0.2) is 18.0 Å². The average Bonchev–Trinajstić information content (AvgIpc) is 2.78. The summed E-state index contributed by atoms with van der Waals surface area (Å²) in [4.78, 5) is 12.3. The highest BCUT2D eigenvalue weighted by Crippen LogP contribution is 2.34. The molecular formula is C13H16Cl2N2O. The van der Waals surface area contributed by atoms with Crippen LogP contribution in [0.3, 0.4) is 0 Å². The molecule has 18 heavy (non-hydrogen) atoms. The molecule has 3 nitrogen and oxygen atoms in total. The number of benzene rings is 1. The van der Waals surface area contributed by atoms with Crippen molar-refractivity contribution in [3.8, 4) is 0 Å². The molecule has 1 aromatic carbocycles. The summed E-state index contributed by atoms with van der Waals surface area (Å²) < 4.78 is 0. The molecule has 0 spiro atoms. The molecule has 0 bridgehead atoms. The molecule has 1 unspecified atom stereocenters. The van der Waals surface area contributed by atoms with Crippen LogP contribution in [0, 0.1) is 6.92 Å². The first-order valence-corrected chi connectivity index (χ1v) is 6.71. The van der Waals surface area contributed by atoms with Crippen molar-refractivity contribution in [2.75, 3.05) is 11.9 Å². The van der Waals surface area contributed by atoms with Crippen molar-refractivity contribution in [2.24, 2.45) is 0 Å². The van der Waals surface area contributed by atoms with Crippen LogP contribution in [-0.2, 0) is 4.79 Å². The van der Waals surface area contributed by atoms with Gasteiger partial charge in [0.05, 0.1) is 21.3 Å². The van der Waals surface area contributed by atoms with Crippen LogP contribution in [0.25, 0.3) is 0 Å². The van der Waals surface area contributed by atoms with Crippen molar-refractivity contribution in [2.45, 2.75) is 32.2 Å². The average molecular weight is 287 g/mol. The molecule has 1 amide bonds. The second-order valence-electron chi connectivity index (χ2n) is 4.87. The van der Waals surface area contributed by atoms with E-state index in [9.17, 15) is 4.79 Å². The Balaban J connectivity index is 2.24. The number of aryl methyl sites for hydroxylation is 1. The number of amides is 1. The van der Waals surface area contributed by atoms with Gasteiger partial charge in [-0.15, -0.1) is 0 Å². The van der Waals surface area contributed by atoms with Crippen molar-refractivity contribution >= 4 is 34.8 Å². The zero-order valence-electron chi connectivity index (χ0n) is 10.4. The minimum atomic E-state index is -0.531. The maximum Gasteiger partial charge on any atom is 0.244 e. The minimum absolute atomic E-state index is 0.0885. The molecule has 1 fully saturated rings. The highest BCUT2D eigenvalue weighted by Gasteiger charge is 2.36. The van der Waals surface area contributed by atoms with Gasteiger partial charge < -0.3 is 10.6 Å². The van der Waals surface area contributed by atoms with Gasteiger partial charge in [0.2, 0.25) is 5.91 Å². The normalized spacial score (nSPS) is 23.1. The lowest BCUT2D eigenvalue weighted by Crippen LogP contribution is -2.48. The Morgan fingerprint density at radius 1 is 1.44 bits per heavy atom. The van der Waals surface area contributed by atoms with Crippen LogP contribution in [0.5, 0.6) is 0 Å². The van der Waals surface area contributed by atoms with Crippen LogP contribution in [0.1, 0.15) is 25.3 Å². The summed E-state index contributed by atoms with van der Waals surface area (Å²) in [6, 6.07) is 3.57. The molecule has 1 heterocycles. The molecular weight excluding hydrogens is 271 g/mol. The van der Waals surface area contributed by atoms with E-state index in [0.29, 0.717) is 15.7 Å². The number of carbonyl (C=O) groups excluding carboxylic acids is 1. The maximum atomic E-state index is 12.3. The van der Waals surface area contributed by atoms with E-state index in [-0.39, 0.29) is 5.91 Å². The molecule has 98 valence electrons. The standard InChI is InChI=1S/C13H16Cl2N2O/c1-8-4-5-9(14)11(10(8)15)17-12(18)13(2)6-3-7-16-13/h4-5,16H,3,6-7H2,1-2H3,(H,17,18). The Hall–Kier alpha value is -0.770. The lowest BCUT2D eigenvalue weighted by molar-refractivity contribution is -0.121. The lowest BCUT2D eigenvalue weighted by Gasteiger charge is -2.24. The highest BCUT2D eigenvalue weighted by atomic mass is 35.5. The van der Waals surface area contributed by atoms with Crippen LogP contribution in [0.4, 0.5) is 5.69 Å². The summed E-state index contributed by atoms with van der Waals surface area (Å²) in [7, 11) is 0. The first-order valence-electron chi connectivity index (χ1n) is 5.95. The largest absolute Gasteiger partial charge is 0.322 e. The van der Waals surface area contributed by atoms with Gasteiger partial charge in [-0.2, -0.15) is 0 Å². The van der Waals surface area contributed by atoms with Gasteiger partial charge in [0.15, 0.2) is 0 Å². The summed E-state index contributed by atoms with van der Waals surface area (Å²) in [5.74, 6) is -0.0885. The van der Waals surface area contributed by atoms with Gasteiger partial charge in [0.25, 0.3) is 0 Å². The third-order valence-corrected chi connectivity index (χ3v) is 4.19. The first kappa shape index (κ1) is 13.7. The molecule has 5 heteroatoms. The predicted octanol–water partition coefficient (Wildman–Crippen LogP) is 3.38. The van der Waals surface area contributed by atoms with Crippen molar-refractivity contribution in [3.05, 3.63) is 27.7 Å². The Labute approximate surface area is 117 Å². The fourth-order valence-electron chi connectivity index (χ4n) is 2.11. The highest BCUT2D eigenvalue weighted by molar-refractivity contribution is 6.40. The Morgan fingerprint density at radius 2 is 2.17 bits per heavy atom. The van der Waals surface area contributed by atoms with Gasteiger partial charge >= 0.3 is 0 Å². The number of rotatable bonds is 2. The van der Waals surface area contributed by atoms with Gasteiger partial charge in [-0.1, -0.05) is 29.3 Å². The van der Waals surface area contributed by atoms with Crippen molar-refractivity contribution in [1.29, 1.82) is 0 Å². The zero-order chi connectivity index (χ0) is 13.3. The van der Waals surface area contributed by atoms with Gasteiger partial charge in [-0.3, -0.25) is 4.79 Å². The molecule has 1 aliphatic rings. The van der Waals surface area contributed by atoms with E-state index in [4.69, 9.17) is 23.2 Å². The van der Waals surface area contributed by atoms with Gasteiger partial charge in [0, 0.05) is 0 Å². The van der Waals surface area contributed by atoms with Gasteiger partial charge in [-0.25, -0.2) is 0 Å². The van der Waals surface area contributed by atoms with Crippen molar-refractivity contribution in [3.63, 3.8) is 0 Å². The second kappa shape index (κ2) is 5.08. The van der Waals surface area contributed by atoms with Gasteiger partial charge in [0.1, 0.15) is 0 Å². The summed E-state index contributed by atoms with van der Waals surface area (Å²) in [6.07, 6.45) is 1.82. The lowest BCUT2D eigenvalue weighted by atomic mass is 9.99. The molecule has 1 aliphatic heterocycles. The number of anilines is 1. The molecule has 0 saturated carbocycles. The number of nitrogens with one attached hydrogen (secondary N) is 2. The van der Waals surface area contributed by atoms with E-state index in [1.807, 2.05) is 19.9 Å². The summed E-state index contributed by atoms with van der Waals surface area (Å²) >= 11 is 12.3. The molecule has 2 rings (SSSR count). The Bertz CT molecular complexity index is 482. The number of hydrogen-bond donors (Lipinski definition) is 2. The molecule has 0 radical (unpaired) electrons. The predicted molar refractivity (Wildman–Crippen MR) is 75.5 cm³/mol. The quantitative estimate of drug-likeness (QED) is 0.875. The summed E-state index contributed by atoms with van der Waals surface area (Å²) in [5.41, 5.74) is 0.857. The number of hydrogen-bond acceptors (Lipinski definition) is 2. The number of halogens is 2. The summed E-state index contributed by atoms with van der Waals surface area (Å²) in [5, 5.41) is 7.00. The second-order valence-corrected chi connectivity index (χ2v) is 5.65. The van der Waals surface area contributed by atoms with Gasteiger partial charge in [-0.05, 0) is 44.9 Å². The first-order chi connectivity index (χ1) is 8.44. The zero-order valence-corrected chi connectivity index (χ0v) is 12.0. The van der Waals surface area contributed by atoms with E-state index in [0.717, 1.165) is 24.9 Å². The molecule has 0 aliphatic carbocycles. The third kappa shape index (κ3) is 2.48. The Kier molecular flexibility index (Phi) is 3.85. The molecule has 1 saturated heterocycles. The van der Waals surface area contributed by atoms with E-state index in [1.165, 1.54) is 0 Å². The Morgan fingerprint density at radius 3 is 2.78 bits per heavy atom. The number of carbonyl (C=O) groups is 1. The van der Waals surface area contributed by atoms with E-state index in [1.54, 1.807) is 6.07 Å². The van der Waals surface area contributed by atoms with Crippen LogP contribution in [0.15, 0.2) is 12.1 Å². The fourth-order valence-corrected chi connectivity index (χ4v) is 2.58. The molecule has 2 N–H and O–H groups in total. The topological polar surface area (TPSA) is 41.1 Å². The molecule has 0 aromatic heterocycles. The molecule has 1 aromatic rings.